The maximum Gasteiger partial charge on any atom is 0.161 e. The fraction of sp³-hybridized carbons (Fsp3) is 0.333. The molecular formula is C54H54O12. The van der Waals surface area contributed by atoms with Crippen molar-refractivity contribution < 1.29 is 85.6 Å². The van der Waals surface area contributed by atoms with Gasteiger partial charge in [-0.25, -0.2) is 0 Å². The van der Waals surface area contributed by atoms with Gasteiger partial charge in [-0.3, -0.25) is 0 Å². The average Bonchev–Trinajstić information content (AvgIpc) is 1.82. The monoisotopic (exact) mass is 915 g/mol. The predicted octanol–water partition coefficient (Wildman–Crippen LogP) is 8.91. The van der Waals surface area contributed by atoms with Gasteiger partial charge in [-0.05, 0) is 178 Å². The fourth-order valence-electron chi connectivity index (χ4n) is 8.72. The zero-order valence-corrected chi connectivity index (χ0v) is 35.6. The van der Waals surface area contributed by atoms with Crippen molar-refractivity contribution >= 4 is 0 Å². The Morgan fingerprint density at radius 3 is 0.621 bits per heavy atom. The first-order chi connectivity index (χ1) is 40.1. The highest BCUT2D eigenvalue weighted by Crippen LogP contribution is 2.44. The van der Waals surface area contributed by atoms with Crippen LogP contribution in [-0.2, 0) is 38.5 Å². The van der Waals surface area contributed by atoms with Crippen LogP contribution in [0.2, 0.25) is 0 Å². The van der Waals surface area contributed by atoms with Gasteiger partial charge >= 0.3 is 0 Å². The predicted molar refractivity (Wildman–Crippen MR) is 248 cm³/mol. The molecule has 12 nitrogen and oxygen atoms in total. The van der Waals surface area contributed by atoms with E-state index < -0.39 is 95.0 Å². The molecule has 0 aromatic heterocycles. The molecule has 20 rings (SSSR count). The molecule has 0 fully saturated rings. The highest BCUT2D eigenvalue weighted by molar-refractivity contribution is 5.60. The molecule has 342 valence electrons. The molecule has 2 aliphatic carbocycles. The van der Waals surface area contributed by atoms with Crippen molar-refractivity contribution in [1.29, 1.82) is 0 Å². The normalized spacial score (nSPS) is 24.7. The molecular weight excluding hydrogens is 841 g/mol. The Balaban J connectivity index is 1.36. The van der Waals surface area contributed by atoms with E-state index in [0.29, 0.717) is 33.4 Å². The molecule has 66 heavy (non-hydrogen) atoms. The molecule has 0 atom stereocenters. The van der Waals surface area contributed by atoms with Crippen LogP contribution < -0.4 is 56.8 Å². The van der Waals surface area contributed by atoms with Gasteiger partial charge in [-0.1, -0.05) is 0 Å². The summed E-state index contributed by atoms with van der Waals surface area (Å²) in [7, 11) is -6.17. The van der Waals surface area contributed by atoms with Crippen LogP contribution in [-0.4, -0.2) is 81.8 Å². The molecule has 12 heterocycles. The van der Waals surface area contributed by atoms with Crippen molar-refractivity contribution in [2.24, 2.45) is 0 Å². The van der Waals surface area contributed by atoms with Gasteiger partial charge in [-0.15, -0.1) is 0 Å². The number of ether oxygens (including phenoxy) is 12. The lowest BCUT2D eigenvalue weighted by Gasteiger charge is -2.20. The van der Waals surface area contributed by atoms with E-state index in [1.165, 1.54) is 57.7 Å². The number of hydrogen-bond acceptors (Lipinski definition) is 12. The average molecular weight is 916 g/mol. The molecule has 14 aliphatic rings. The first-order valence-corrected chi connectivity index (χ1v) is 20.4. The molecule has 0 radical (unpaired) electrons. The minimum absolute atomic E-state index is 0.0784. The molecule has 0 N–H and O–H groups in total. The summed E-state index contributed by atoms with van der Waals surface area (Å²) < 4.78 is 254. The second-order valence-electron chi connectivity index (χ2n) is 15.6. The van der Waals surface area contributed by atoms with Crippen LogP contribution in [0.5, 0.6) is 69.0 Å². The van der Waals surface area contributed by atoms with E-state index in [0.717, 1.165) is 36.4 Å². The molecule has 0 unspecified atom stereocenters. The van der Waals surface area contributed by atoms with Gasteiger partial charge in [0.1, 0.15) is 39.4 Å². The largest absolute Gasteiger partial charge is 0.493 e. The second-order valence-corrected chi connectivity index (χ2v) is 15.6. The Kier molecular flexibility index (Phi) is 6.98. The summed E-state index contributed by atoms with van der Waals surface area (Å²) in [5, 5.41) is 0. The van der Waals surface area contributed by atoms with Crippen LogP contribution in [0.1, 0.15) is 95.5 Å². The van der Waals surface area contributed by atoms with Crippen molar-refractivity contribution in [3.8, 4) is 69.0 Å². The van der Waals surface area contributed by atoms with Gasteiger partial charge in [0.2, 0.25) is 0 Å². The molecule has 12 aliphatic heterocycles. The van der Waals surface area contributed by atoms with Gasteiger partial charge in [-0.2, -0.15) is 0 Å². The van der Waals surface area contributed by atoms with Crippen molar-refractivity contribution in [1.82, 2.24) is 0 Å². The smallest absolute Gasteiger partial charge is 0.161 e. The van der Waals surface area contributed by atoms with Gasteiger partial charge in [0.25, 0.3) is 0 Å². The van der Waals surface area contributed by atoms with Crippen molar-refractivity contribution in [3.05, 3.63) is 140 Å². The van der Waals surface area contributed by atoms with Gasteiger partial charge < -0.3 is 56.8 Å². The lowest BCUT2D eigenvalue weighted by atomic mass is 9.94. The minimum atomic E-state index is -3.58. The van der Waals surface area contributed by atoms with Crippen LogP contribution in [0.25, 0.3) is 0 Å². The highest BCUT2D eigenvalue weighted by Gasteiger charge is 2.26. The van der Waals surface area contributed by atoms with Gasteiger partial charge in [0.05, 0.1) is 71.2 Å². The lowest BCUT2D eigenvalue weighted by Crippen LogP contribution is -2.12. The Morgan fingerprint density at radius 1 is 0.288 bits per heavy atom. The number of methoxy groups -OCH3 is 6. The third kappa shape index (κ3) is 8.36. The molecule has 6 aromatic carbocycles. The SMILES string of the molecule is [2H]C([2H])([2H])Oc1cc2c3cc1OC([2H])([2H])C([2H])([2H])Oc1cc4c(cc1OC)Cc1cc5c(OC)cc1Cc1cc(c(OC)cc1C4)OC([2H])([2H])C([2H])([2H])Oc1cc(c(cc1OC([2H])([2H])[2H])Cc1cc(c(OC([2H])([2H])[2H])cc1C3)OC([2H])([2H])C([2H])([2H])O5)C2. The van der Waals surface area contributed by atoms with Crippen LogP contribution in [0.15, 0.2) is 72.8 Å². The van der Waals surface area contributed by atoms with E-state index in [2.05, 4.69) is 0 Å². The lowest BCUT2D eigenvalue weighted by molar-refractivity contribution is 0.205. The van der Waals surface area contributed by atoms with Crippen molar-refractivity contribution in [2.75, 3.05) is 81.8 Å². The van der Waals surface area contributed by atoms with E-state index in [4.69, 9.17) is 69.2 Å². The van der Waals surface area contributed by atoms with Crippen molar-refractivity contribution in [3.63, 3.8) is 0 Å². The Labute approximate surface area is 414 Å². The topological polar surface area (TPSA) is 111 Å². The summed E-state index contributed by atoms with van der Waals surface area (Å²) in [5.41, 5.74) is 2.85. The van der Waals surface area contributed by atoms with E-state index in [-0.39, 0.29) is 106 Å². The highest BCUT2D eigenvalue weighted by atomic mass is 16.6. The molecule has 0 spiro atoms. The van der Waals surface area contributed by atoms with Crippen LogP contribution in [0.4, 0.5) is 0 Å². The first-order valence-electron chi connectivity index (χ1n) is 30.9. The molecule has 18 bridgehead atoms. The third-order valence-electron chi connectivity index (χ3n) is 12.0. The van der Waals surface area contributed by atoms with Gasteiger partial charge in [0, 0.05) is 0 Å². The minimum Gasteiger partial charge on any atom is -0.493 e. The van der Waals surface area contributed by atoms with E-state index in [1.54, 1.807) is 0 Å². The second kappa shape index (κ2) is 18.4. The summed E-state index contributed by atoms with van der Waals surface area (Å²) in [4.78, 5) is 0. The molecule has 12 heteroatoms. The number of hydrogen-bond donors (Lipinski definition) is 0. The summed E-state index contributed by atoms with van der Waals surface area (Å²) in [6, 6.07) is 15.3. The Bertz CT molecular complexity index is 3330. The Hall–Kier alpha value is -7.08. The summed E-state index contributed by atoms with van der Waals surface area (Å²) in [6.07, 6.45) is -1.44. The van der Waals surface area contributed by atoms with E-state index in [1.807, 2.05) is 0 Å². The zero-order valence-electron chi connectivity index (χ0n) is 56.6. The Morgan fingerprint density at radius 2 is 0.455 bits per heavy atom. The summed E-state index contributed by atoms with van der Waals surface area (Å²) in [6.45, 7) is -21.3. The fourth-order valence-corrected chi connectivity index (χ4v) is 8.72. The van der Waals surface area contributed by atoms with Crippen LogP contribution in [0.3, 0.4) is 0 Å². The van der Waals surface area contributed by atoms with E-state index >= 15 is 0 Å². The summed E-state index contributed by atoms with van der Waals surface area (Å²) in [5.74, 6) is -5.75. The molecule has 0 saturated carbocycles. The maximum atomic E-state index is 9.26. The van der Waals surface area contributed by atoms with Crippen molar-refractivity contribution in [2.45, 2.75) is 38.5 Å². The maximum absolute atomic E-state index is 9.26. The zero-order chi connectivity index (χ0) is 63.6. The summed E-state index contributed by atoms with van der Waals surface area (Å²) >= 11 is 0. The first kappa shape index (κ1) is 25.0. The number of benzene rings is 6. The quantitative estimate of drug-likeness (QED) is 0.159. The van der Waals surface area contributed by atoms with E-state index in [9.17, 15) is 16.4 Å². The van der Waals surface area contributed by atoms with Crippen LogP contribution in [0, 0.1) is 0 Å². The van der Waals surface area contributed by atoms with Crippen LogP contribution >= 0.6 is 0 Å². The molecule has 0 amide bonds. The number of rotatable bonds is 6. The molecule has 6 aromatic rings. The third-order valence-corrected chi connectivity index (χ3v) is 12.0. The van der Waals surface area contributed by atoms with Gasteiger partial charge in [0.15, 0.2) is 69.0 Å². The standard InChI is InChI=1S/C54H54O12/c1-55-43-19-31-13-38-26-50-45(57-3)21-33(38)15-39-27-52-44(56-2)20-32(39)14-37(31)25-49(43)61-7-8-62-51-28-40-16-35-23-47(59-5)53(65-10-9-63-50)30-42(35)18-36-24-48(60-6)54(66-12-11-64-52)29-41(36)17-34(40)22-46(51)58-4/h19-30H,7-18H2,1-6H3/i1D3,2D3,3D3,7D2,8D2,9D2,10D2,11D2,12D2. The molecule has 0 saturated heterocycles.